The highest BCUT2D eigenvalue weighted by molar-refractivity contribution is 5.64. The van der Waals surface area contributed by atoms with Crippen LogP contribution in [0.1, 0.15) is 24.1 Å². The molecule has 2 rings (SSSR count). The molecule has 0 amide bonds. The van der Waals surface area contributed by atoms with Crippen molar-refractivity contribution in [2.75, 3.05) is 11.9 Å². The van der Waals surface area contributed by atoms with E-state index >= 15 is 0 Å². The Bertz CT molecular complexity index is 659. The molecule has 1 atom stereocenters. The number of hydrogen-bond donors (Lipinski definition) is 1. The summed E-state index contributed by atoms with van der Waals surface area (Å²) in [5.41, 5.74) is 8.25. The Kier molecular flexibility index (Phi) is 4.02. The van der Waals surface area contributed by atoms with Gasteiger partial charge in [-0.05, 0) is 42.8 Å². The van der Waals surface area contributed by atoms with Crippen molar-refractivity contribution in [2.24, 2.45) is 5.73 Å². The molecule has 0 aliphatic rings. The summed E-state index contributed by atoms with van der Waals surface area (Å²) in [4.78, 5) is 1.71. The fraction of sp³-hybridized carbons (Fsp3) is 0.188. The number of benzene rings is 2. The van der Waals surface area contributed by atoms with Crippen LogP contribution >= 0.6 is 0 Å². The predicted octanol–water partition coefficient (Wildman–Crippen LogP) is 3.48. The van der Waals surface area contributed by atoms with Crippen LogP contribution in [0.25, 0.3) is 0 Å². The summed E-state index contributed by atoms with van der Waals surface area (Å²) in [5, 5.41) is 8.91. The molecule has 3 nitrogen and oxygen atoms in total. The molecule has 102 valence electrons. The van der Waals surface area contributed by atoms with E-state index in [1.54, 1.807) is 36.2 Å². The van der Waals surface area contributed by atoms with Gasteiger partial charge < -0.3 is 10.6 Å². The van der Waals surface area contributed by atoms with Crippen molar-refractivity contribution in [1.29, 1.82) is 5.26 Å². The molecule has 0 fully saturated rings. The number of halogens is 1. The third-order valence-electron chi connectivity index (χ3n) is 3.22. The summed E-state index contributed by atoms with van der Waals surface area (Å²) >= 11 is 0. The molecular formula is C16H16FN3. The zero-order valence-corrected chi connectivity index (χ0v) is 11.5. The van der Waals surface area contributed by atoms with E-state index in [1.807, 2.05) is 19.1 Å². The van der Waals surface area contributed by atoms with E-state index < -0.39 is 0 Å². The molecular weight excluding hydrogens is 253 g/mol. The van der Waals surface area contributed by atoms with Crippen molar-refractivity contribution >= 4 is 11.4 Å². The fourth-order valence-electron chi connectivity index (χ4n) is 2.00. The lowest BCUT2D eigenvalue weighted by atomic mass is 10.1. The van der Waals surface area contributed by atoms with E-state index in [-0.39, 0.29) is 11.9 Å². The molecule has 0 spiro atoms. The van der Waals surface area contributed by atoms with Crippen LogP contribution in [0.2, 0.25) is 0 Å². The second-order valence-electron chi connectivity index (χ2n) is 4.72. The van der Waals surface area contributed by atoms with Crippen molar-refractivity contribution in [3.05, 3.63) is 59.4 Å². The van der Waals surface area contributed by atoms with E-state index in [0.29, 0.717) is 11.3 Å². The monoisotopic (exact) mass is 269 g/mol. The Morgan fingerprint density at radius 3 is 2.60 bits per heavy atom. The highest BCUT2D eigenvalue weighted by Crippen LogP contribution is 2.28. The topological polar surface area (TPSA) is 53.0 Å². The molecule has 20 heavy (non-hydrogen) atoms. The van der Waals surface area contributed by atoms with Gasteiger partial charge in [0, 0.05) is 18.8 Å². The van der Waals surface area contributed by atoms with Gasteiger partial charge in [-0.2, -0.15) is 5.26 Å². The Morgan fingerprint density at radius 2 is 2.00 bits per heavy atom. The van der Waals surface area contributed by atoms with Crippen LogP contribution < -0.4 is 10.6 Å². The van der Waals surface area contributed by atoms with E-state index in [2.05, 4.69) is 6.07 Å². The van der Waals surface area contributed by atoms with Crippen molar-refractivity contribution in [3.63, 3.8) is 0 Å². The lowest BCUT2D eigenvalue weighted by molar-refractivity contribution is 0.622. The molecule has 0 bridgehead atoms. The second kappa shape index (κ2) is 5.72. The summed E-state index contributed by atoms with van der Waals surface area (Å²) in [6.45, 7) is 1.81. The van der Waals surface area contributed by atoms with Crippen LogP contribution in [0, 0.1) is 17.1 Å². The third-order valence-corrected chi connectivity index (χ3v) is 3.22. The van der Waals surface area contributed by atoms with E-state index in [4.69, 9.17) is 11.0 Å². The molecule has 0 heterocycles. The average Bonchev–Trinajstić information content (AvgIpc) is 2.46. The number of nitrogens with two attached hydrogens (primary N) is 1. The number of hydrogen-bond acceptors (Lipinski definition) is 3. The van der Waals surface area contributed by atoms with Crippen molar-refractivity contribution in [3.8, 4) is 6.07 Å². The van der Waals surface area contributed by atoms with Crippen molar-refractivity contribution in [1.82, 2.24) is 0 Å². The van der Waals surface area contributed by atoms with Gasteiger partial charge in [0.2, 0.25) is 0 Å². The van der Waals surface area contributed by atoms with Crippen LogP contribution in [0.3, 0.4) is 0 Å². The van der Waals surface area contributed by atoms with Crippen LogP contribution in [0.5, 0.6) is 0 Å². The molecule has 2 aromatic rings. The number of anilines is 2. The first-order chi connectivity index (χ1) is 9.52. The summed E-state index contributed by atoms with van der Waals surface area (Å²) in [5.74, 6) is -0.329. The van der Waals surface area contributed by atoms with Gasteiger partial charge in [0.25, 0.3) is 0 Å². The molecule has 0 aliphatic carbocycles. The maximum atomic E-state index is 14.2. The van der Waals surface area contributed by atoms with Gasteiger partial charge in [0.05, 0.1) is 17.3 Å². The van der Waals surface area contributed by atoms with Gasteiger partial charge >= 0.3 is 0 Å². The summed E-state index contributed by atoms with van der Waals surface area (Å²) < 4.78 is 14.2. The zero-order valence-electron chi connectivity index (χ0n) is 11.5. The van der Waals surface area contributed by atoms with Gasteiger partial charge in [-0.3, -0.25) is 0 Å². The maximum Gasteiger partial charge on any atom is 0.147 e. The Labute approximate surface area is 118 Å². The van der Waals surface area contributed by atoms with Crippen LogP contribution in [0.15, 0.2) is 42.5 Å². The molecule has 0 radical (unpaired) electrons. The minimum Gasteiger partial charge on any atom is -0.342 e. The minimum atomic E-state index is -0.329. The Hall–Kier alpha value is -2.38. The zero-order chi connectivity index (χ0) is 14.7. The summed E-state index contributed by atoms with van der Waals surface area (Å²) in [6.07, 6.45) is 0. The van der Waals surface area contributed by atoms with Gasteiger partial charge in [-0.15, -0.1) is 0 Å². The first kappa shape index (κ1) is 14.0. The molecule has 2 N–H and O–H groups in total. The minimum absolute atomic E-state index is 0.203. The Morgan fingerprint density at radius 1 is 1.25 bits per heavy atom. The number of rotatable bonds is 3. The van der Waals surface area contributed by atoms with Crippen LogP contribution in [0.4, 0.5) is 15.8 Å². The molecule has 0 saturated carbocycles. The fourth-order valence-corrected chi connectivity index (χ4v) is 2.00. The van der Waals surface area contributed by atoms with E-state index in [0.717, 1.165) is 11.3 Å². The molecule has 0 aromatic heterocycles. The molecule has 2 aromatic carbocycles. The van der Waals surface area contributed by atoms with Gasteiger partial charge in [-0.1, -0.05) is 12.1 Å². The average molecular weight is 269 g/mol. The van der Waals surface area contributed by atoms with Crippen LogP contribution in [-0.4, -0.2) is 7.05 Å². The predicted molar refractivity (Wildman–Crippen MR) is 78.2 cm³/mol. The Balaban J connectivity index is 2.38. The van der Waals surface area contributed by atoms with Crippen LogP contribution in [-0.2, 0) is 0 Å². The van der Waals surface area contributed by atoms with Gasteiger partial charge in [0.15, 0.2) is 0 Å². The smallest absolute Gasteiger partial charge is 0.147 e. The third kappa shape index (κ3) is 2.79. The lowest BCUT2D eigenvalue weighted by Crippen LogP contribution is -2.12. The highest BCUT2D eigenvalue weighted by Gasteiger charge is 2.11. The molecule has 0 saturated heterocycles. The largest absolute Gasteiger partial charge is 0.342 e. The van der Waals surface area contributed by atoms with Crippen molar-refractivity contribution < 1.29 is 4.39 Å². The molecule has 0 unspecified atom stereocenters. The normalized spacial score (nSPS) is 11.8. The summed E-state index contributed by atoms with van der Waals surface area (Å²) in [6, 6.07) is 13.9. The SMILES string of the molecule is C[C@@H](N)c1ccc(N(C)c2cccc(C#N)c2)c(F)c1. The van der Waals surface area contributed by atoms with Crippen molar-refractivity contribution in [2.45, 2.75) is 13.0 Å². The van der Waals surface area contributed by atoms with Gasteiger partial charge in [0.1, 0.15) is 5.82 Å². The first-order valence-corrected chi connectivity index (χ1v) is 6.32. The van der Waals surface area contributed by atoms with E-state index in [1.165, 1.54) is 6.07 Å². The summed E-state index contributed by atoms with van der Waals surface area (Å²) in [7, 11) is 1.76. The molecule has 0 aliphatic heterocycles. The lowest BCUT2D eigenvalue weighted by Gasteiger charge is -2.21. The second-order valence-corrected chi connectivity index (χ2v) is 4.72. The maximum absolute atomic E-state index is 14.2. The quantitative estimate of drug-likeness (QED) is 0.928. The first-order valence-electron chi connectivity index (χ1n) is 6.32. The number of nitrogens with zero attached hydrogens (tertiary/aromatic N) is 2. The van der Waals surface area contributed by atoms with E-state index in [9.17, 15) is 4.39 Å². The number of nitriles is 1. The van der Waals surface area contributed by atoms with Gasteiger partial charge in [-0.25, -0.2) is 4.39 Å². The highest BCUT2D eigenvalue weighted by atomic mass is 19.1. The molecule has 4 heteroatoms. The standard InChI is InChI=1S/C16H16FN3/c1-11(19)13-6-7-16(15(17)9-13)20(2)14-5-3-4-12(8-14)10-18/h3-9,11H,19H2,1-2H3/t11-/m1/s1.